The third kappa shape index (κ3) is 9.53. The zero-order valence-electron chi connectivity index (χ0n) is 48.4. The van der Waals surface area contributed by atoms with E-state index in [9.17, 15) is 5.26 Å². The molecule has 12 rings (SSSR count). The molecule has 1 aromatic rings. The first kappa shape index (κ1) is 52.6. The fourth-order valence-electron chi connectivity index (χ4n) is 17.7. The number of likely N-dealkylation sites (tertiary alicyclic amines) is 1. The van der Waals surface area contributed by atoms with Crippen LogP contribution >= 0.6 is 11.8 Å². The highest BCUT2D eigenvalue weighted by molar-refractivity contribution is 8.00. The van der Waals surface area contributed by atoms with E-state index in [1.807, 2.05) is 0 Å². The molecular formula is C68H96N6S. The highest BCUT2D eigenvalue weighted by atomic mass is 32.2. The number of benzene rings is 1. The Hall–Kier alpha value is -3.12. The smallest absolute Gasteiger partial charge is 0.0865 e. The van der Waals surface area contributed by atoms with E-state index in [1.54, 1.807) is 16.8 Å². The maximum Gasteiger partial charge on any atom is 0.0865 e. The molecule has 0 spiro atoms. The van der Waals surface area contributed by atoms with Crippen LogP contribution in [0.2, 0.25) is 0 Å². The molecule has 2 saturated carbocycles. The predicted octanol–water partition coefficient (Wildman–Crippen LogP) is 15.1. The van der Waals surface area contributed by atoms with Gasteiger partial charge in [-0.05, 0) is 181 Å². The molecule has 0 amide bonds. The summed E-state index contributed by atoms with van der Waals surface area (Å²) in [5.74, 6) is 4.15. The quantitative estimate of drug-likeness (QED) is 0.254. The maximum absolute atomic E-state index is 11.9. The zero-order valence-corrected chi connectivity index (χ0v) is 49.2. The highest BCUT2D eigenvalue weighted by Crippen LogP contribution is 2.59. The topological polar surface area (TPSA) is 66.4 Å². The second kappa shape index (κ2) is 19.6. The predicted molar refractivity (Wildman–Crippen MR) is 313 cm³/mol. The lowest BCUT2D eigenvalue weighted by molar-refractivity contribution is 0.0327. The molecule has 0 aromatic heterocycles. The molecule has 4 fully saturated rings. The fourth-order valence-corrected chi connectivity index (χ4v) is 19.0. The average molecular weight is 1030 g/mol. The summed E-state index contributed by atoms with van der Waals surface area (Å²) in [5, 5.41) is 25.4. The largest absolute Gasteiger partial charge is 0.366 e. The minimum atomic E-state index is -0.206. The van der Waals surface area contributed by atoms with Crippen LogP contribution in [0.15, 0.2) is 106 Å². The van der Waals surface area contributed by atoms with Crippen molar-refractivity contribution >= 4 is 17.3 Å². The zero-order chi connectivity index (χ0) is 52.5. The van der Waals surface area contributed by atoms with Gasteiger partial charge in [0, 0.05) is 45.9 Å². The van der Waals surface area contributed by atoms with Gasteiger partial charge in [0.05, 0.1) is 36.5 Å². The van der Waals surface area contributed by atoms with Gasteiger partial charge in [0.2, 0.25) is 0 Å². The highest BCUT2D eigenvalue weighted by Gasteiger charge is 2.59. The molecular weight excluding hydrogens is 933 g/mol. The van der Waals surface area contributed by atoms with E-state index >= 15 is 0 Å². The lowest BCUT2D eigenvalue weighted by Gasteiger charge is -2.53. The van der Waals surface area contributed by atoms with Crippen LogP contribution in [-0.4, -0.2) is 63.8 Å². The van der Waals surface area contributed by atoms with Gasteiger partial charge in [-0.2, -0.15) is 5.26 Å². The summed E-state index contributed by atoms with van der Waals surface area (Å²) in [5.41, 5.74) is 11.6. The van der Waals surface area contributed by atoms with Crippen LogP contribution in [0, 0.1) is 80.3 Å². The summed E-state index contributed by atoms with van der Waals surface area (Å²) in [4.78, 5) is 7.59. The van der Waals surface area contributed by atoms with E-state index in [2.05, 4.69) is 200 Å². The normalized spacial score (nSPS) is 40.0. The minimum Gasteiger partial charge on any atom is -0.366 e. The van der Waals surface area contributed by atoms with E-state index < -0.39 is 0 Å². The Kier molecular flexibility index (Phi) is 13.7. The Morgan fingerprint density at radius 1 is 0.680 bits per heavy atom. The molecule has 6 nitrogen and oxygen atoms in total. The number of rotatable bonds is 5. The Morgan fingerprint density at radius 2 is 1.43 bits per heavy atom. The van der Waals surface area contributed by atoms with E-state index in [0.717, 1.165) is 44.4 Å². The molecule has 17 atom stereocenters. The monoisotopic (exact) mass is 1030 g/mol. The van der Waals surface area contributed by atoms with Crippen molar-refractivity contribution < 1.29 is 0 Å². The second-order valence-corrected chi connectivity index (χ2v) is 31.5. The van der Waals surface area contributed by atoms with Gasteiger partial charge in [-0.1, -0.05) is 155 Å². The van der Waals surface area contributed by atoms with Crippen molar-refractivity contribution in [1.29, 1.82) is 5.26 Å². The van der Waals surface area contributed by atoms with Crippen molar-refractivity contribution in [2.24, 2.45) is 69.0 Å². The van der Waals surface area contributed by atoms with Crippen LogP contribution in [-0.2, 0) is 0 Å². The van der Waals surface area contributed by atoms with E-state index in [0.29, 0.717) is 64.3 Å². The molecule has 0 bridgehead atoms. The maximum atomic E-state index is 11.9. The second-order valence-electron chi connectivity index (χ2n) is 30.2. The van der Waals surface area contributed by atoms with Crippen LogP contribution in [0.4, 0.5) is 0 Å². The van der Waals surface area contributed by atoms with E-state index in [-0.39, 0.29) is 52.7 Å². The first-order chi connectivity index (χ1) is 35.7. The summed E-state index contributed by atoms with van der Waals surface area (Å²) >= 11 is 2.06. The molecule has 4 aliphatic heterocycles. The number of thioether (sulfide) groups is 1. The van der Waals surface area contributed by atoms with Crippen LogP contribution in [0.3, 0.4) is 0 Å². The lowest BCUT2D eigenvalue weighted by atomic mass is 9.62. The third-order valence-corrected chi connectivity index (χ3v) is 23.3. The number of hydrogen-bond donors (Lipinski definition) is 3. The number of nitrogens with zero attached hydrogens (tertiary/aromatic N) is 3. The molecule has 2 saturated heterocycles. The lowest BCUT2D eigenvalue weighted by Crippen LogP contribution is -2.71. The molecule has 3 N–H and O–H groups in total. The van der Waals surface area contributed by atoms with Crippen LogP contribution in [0.1, 0.15) is 179 Å². The summed E-state index contributed by atoms with van der Waals surface area (Å²) in [6, 6.07) is 14.0. The Morgan fingerprint density at radius 3 is 2.15 bits per heavy atom. The van der Waals surface area contributed by atoms with Crippen molar-refractivity contribution in [1.82, 2.24) is 25.8 Å². The van der Waals surface area contributed by atoms with Crippen molar-refractivity contribution in [2.45, 2.75) is 232 Å². The number of allylic oxidation sites excluding steroid dienone is 7. The first-order valence-corrected chi connectivity index (χ1v) is 31.4. The molecule has 0 radical (unpaired) electrons. The molecule has 1 aromatic carbocycles. The molecule has 11 aliphatic rings. The Bertz CT molecular complexity index is 2630. The van der Waals surface area contributed by atoms with Crippen LogP contribution in [0.5, 0.6) is 0 Å². The van der Waals surface area contributed by atoms with Crippen LogP contribution < -0.4 is 16.0 Å². The summed E-state index contributed by atoms with van der Waals surface area (Å²) in [6.45, 7) is 29.8. The molecule has 404 valence electrons. The third-order valence-electron chi connectivity index (χ3n) is 22.0. The number of hydrogen-bond acceptors (Lipinski definition) is 7. The SMILES string of the molecule is CC(C)(C)C1=CC2=C(CC1)N(C1CC(N3C4C=CC(C(C)(C)C)CC4C4CC(C(C)(C)C)CCC43)C(C3NC(C4=C5c6ccccc6SC5CC=C4)NC(C4CC=CCC4)N3)=CC1C#N)C1CCC(C(C)(C)C)CC21. The molecule has 4 heterocycles. The van der Waals surface area contributed by atoms with E-state index in [4.69, 9.17) is 0 Å². The van der Waals surface area contributed by atoms with Gasteiger partial charge in [-0.3, -0.25) is 20.9 Å². The van der Waals surface area contributed by atoms with Crippen molar-refractivity contribution in [3.63, 3.8) is 0 Å². The average Bonchev–Trinajstić information content (AvgIpc) is 4.05. The molecule has 7 aliphatic carbocycles. The Labute approximate surface area is 459 Å². The number of fused-ring (bicyclic) bond motifs is 8. The summed E-state index contributed by atoms with van der Waals surface area (Å²) in [7, 11) is 0. The van der Waals surface area contributed by atoms with Crippen molar-refractivity contribution in [3.05, 3.63) is 106 Å². The number of nitriles is 1. The summed E-state index contributed by atoms with van der Waals surface area (Å²) < 4.78 is 0. The number of nitrogens with one attached hydrogen (secondary N) is 3. The van der Waals surface area contributed by atoms with E-state index in [1.165, 1.54) is 78.5 Å². The van der Waals surface area contributed by atoms with Gasteiger partial charge < -0.3 is 4.90 Å². The first-order valence-electron chi connectivity index (χ1n) is 30.5. The van der Waals surface area contributed by atoms with Crippen molar-refractivity contribution in [3.8, 4) is 6.07 Å². The van der Waals surface area contributed by atoms with Gasteiger partial charge in [-0.25, -0.2) is 0 Å². The van der Waals surface area contributed by atoms with Crippen LogP contribution in [0.25, 0.3) is 5.57 Å². The molecule has 17 unspecified atom stereocenters. The van der Waals surface area contributed by atoms with Gasteiger partial charge in [0.1, 0.15) is 0 Å². The minimum absolute atomic E-state index is 0.0210. The van der Waals surface area contributed by atoms with Gasteiger partial charge in [0.15, 0.2) is 0 Å². The van der Waals surface area contributed by atoms with Gasteiger partial charge >= 0.3 is 0 Å². The summed E-state index contributed by atoms with van der Waals surface area (Å²) in [6.07, 6.45) is 37.2. The Balaban J connectivity index is 1.00. The fraction of sp³-hybridized carbons (Fsp3) is 0.691. The molecule has 7 heteroatoms. The van der Waals surface area contributed by atoms with Gasteiger partial charge in [-0.15, -0.1) is 11.8 Å². The van der Waals surface area contributed by atoms with Crippen molar-refractivity contribution in [2.75, 3.05) is 0 Å². The molecule has 75 heavy (non-hydrogen) atoms. The van der Waals surface area contributed by atoms with Gasteiger partial charge in [0.25, 0.3) is 0 Å². The standard InChI is InChI=1S/C68H96N6S/c1-65(2,3)42-25-29-53-48(34-42)49-35-43(66(4,5)6)26-30-54(49)73(53)57-38-58(74-55-31-27-44(67(7,8)9)36-50(55)51-37-45(68(10,11)12)28-32-56(51)74)52(33-41(57)39-69)64-71-62(40-19-14-13-15-20-40)70-63(72-64)47-22-18-24-60-61(47)46-21-16-17-23-59(46)75-60/h13-14,16-18,21-23,27,31,33-34,40-41,43-45,49-51,54-58,60,62-64,70-72H,15,19-20,24-26,28-30,32,35-38H2,1-12H3.